The van der Waals surface area contributed by atoms with Crippen LogP contribution in [0.4, 0.5) is 0 Å². The first kappa shape index (κ1) is 23.1. The highest BCUT2D eigenvalue weighted by Gasteiger charge is 2.26. The van der Waals surface area contributed by atoms with Gasteiger partial charge in [-0.25, -0.2) is 9.78 Å². The van der Waals surface area contributed by atoms with Crippen molar-refractivity contribution >= 4 is 73.7 Å². The van der Waals surface area contributed by atoms with Gasteiger partial charge in [-0.1, -0.05) is 32.0 Å². The van der Waals surface area contributed by atoms with Crippen molar-refractivity contribution in [1.82, 2.24) is 10.3 Å². The van der Waals surface area contributed by atoms with Gasteiger partial charge in [0.2, 0.25) is 5.88 Å². The normalized spacial score (nSPS) is 12.7. The number of rotatable bonds is 9. The van der Waals surface area contributed by atoms with Gasteiger partial charge in [0, 0.05) is 24.3 Å². The fourth-order valence-electron chi connectivity index (χ4n) is 2.19. The first-order valence-corrected chi connectivity index (χ1v) is 11.7. The monoisotopic (exact) mass is 706 g/mol. The van der Waals surface area contributed by atoms with Gasteiger partial charge in [0.1, 0.15) is 12.7 Å². The van der Waals surface area contributed by atoms with Crippen LogP contribution < -0.4 is 10.1 Å². The average molecular weight is 706 g/mol. The van der Waals surface area contributed by atoms with Gasteiger partial charge in [-0.15, -0.1) is 0 Å². The average Bonchev–Trinajstić information content (AvgIpc) is 2.64. The Morgan fingerprint density at radius 2 is 1.85 bits per heavy atom. The van der Waals surface area contributed by atoms with E-state index < -0.39 is 6.10 Å². The summed E-state index contributed by atoms with van der Waals surface area (Å²) in [4.78, 5) is 16.8. The van der Waals surface area contributed by atoms with Crippen molar-refractivity contribution in [1.29, 1.82) is 0 Å². The molecular formula is C19H21I3N2O3. The first-order chi connectivity index (χ1) is 12.8. The molecule has 1 unspecified atom stereocenters. The Bertz CT molecular complexity index is 736. The summed E-state index contributed by atoms with van der Waals surface area (Å²) in [7, 11) is 0. The Morgan fingerprint density at radius 1 is 1.15 bits per heavy atom. The van der Waals surface area contributed by atoms with Gasteiger partial charge in [0.25, 0.3) is 0 Å². The fourth-order valence-corrected chi connectivity index (χ4v) is 3.42. The van der Waals surface area contributed by atoms with E-state index in [0.717, 1.165) is 5.56 Å². The summed E-state index contributed by atoms with van der Waals surface area (Å²) in [6, 6.07) is 13.1. The fraction of sp³-hybridized carbons (Fsp3) is 0.368. The summed E-state index contributed by atoms with van der Waals surface area (Å²) in [6.07, 6.45) is 1.27. The summed E-state index contributed by atoms with van der Waals surface area (Å²) in [5.74, 6) is 0.197. The molecule has 0 radical (unpaired) electrons. The lowest BCUT2D eigenvalue weighted by Gasteiger charge is -2.22. The van der Waals surface area contributed by atoms with E-state index in [9.17, 15) is 4.79 Å². The van der Waals surface area contributed by atoms with E-state index in [-0.39, 0.29) is 18.1 Å². The molecule has 0 spiro atoms. The number of ether oxygens (including phenoxy) is 2. The second kappa shape index (κ2) is 11.1. The van der Waals surface area contributed by atoms with E-state index in [1.54, 1.807) is 18.3 Å². The van der Waals surface area contributed by atoms with Crippen molar-refractivity contribution in [3.8, 4) is 5.88 Å². The minimum absolute atomic E-state index is 0.177. The highest BCUT2D eigenvalue weighted by Crippen LogP contribution is 2.48. The smallest absolute Gasteiger partial charge is 0.338 e. The minimum atomic E-state index is -0.429. The van der Waals surface area contributed by atoms with Gasteiger partial charge >= 0.3 is 5.97 Å². The Balaban J connectivity index is 2.08. The molecule has 0 fully saturated rings. The van der Waals surface area contributed by atoms with Gasteiger partial charge in [-0.2, -0.15) is 0 Å². The van der Waals surface area contributed by atoms with Crippen LogP contribution >= 0.6 is 67.8 Å². The summed E-state index contributed by atoms with van der Waals surface area (Å²) in [5, 5.41) is 3.30. The van der Waals surface area contributed by atoms with Crippen LogP contribution in [0.25, 0.3) is 0 Å². The van der Waals surface area contributed by atoms with Crippen LogP contribution in [0.1, 0.15) is 29.8 Å². The quantitative estimate of drug-likeness (QED) is 0.224. The first-order valence-electron chi connectivity index (χ1n) is 8.41. The number of halogens is 3. The van der Waals surface area contributed by atoms with Crippen LogP contribution in [0, 0.1) is 0 Å². The number of benzene rings is 1. The molecule has 1 atom stereocenters. The van der Waals surface area contributed by atoms with Crippen molar-refractivity contribution in [2.45, 2.75) is 25.4 Å². The molecule has 0 saturated carbocycles. The van der Waals surface area contributed by atoms with E-state index >= 15 is 0 Å². The van der Waals surface area contributed by atoms with E-state index in [1.807, 2.05) is 44.2 Å². The number of hydrogen-bond acceptors (Lipinski definition) is 5. The highest BCUT2D eigenvalue weighted by molar-refractivity contribution is 14.3. The van der Waals surface area contributed by atoms with E-state index in [0.29, 0.717) is 18.0 Å². The number of carbonyl (C=O) groups excluding carboxylic acids is 1. The SMILES string of the molecule is CC(C)NCC(COc1ncccc1C(I)(I)I)OC(=O)c1ccccc1. The maximum absolute atomic E-state index is 12.4. The molecule has 1 N–H and O–H groups in total. The van der Waals surface area contributed by atoms with Gasteiger partial charge in [-0.3, -0.25) is 0 Å². The molecule has 1 aromatic carbocycles. The van der Waals surface area contributed by atoms with Crippen LogP contribution in [-0.2, 0) is 4.17 Å². The lowest BCUT2D eigenvalue weighted by Crippen LogP contribution is -2.38. The number of nitrogens with zero attached hydrogens (tertiary/aromatic N) is 1. The van der Waals surface area contributed by atoms with E-state index in [4.69, 9.17) is 9.47 Å². The molecule has 0 aliphatic carbocycles. The third-order valence-electron chi connectivity index (χ3n) is 3.52. The number of alkyl halides is 3. The molecule has 2 rings (SSSR count). The predicted molar refractivity (Wildman–Crippen MR) is 132 cm³/mol. The van der Waals surface area contributed by atoms with E-state index in [2.05, 4.69) is 78.1 Å². The molecule has 5 nitrogen and oxygen atoms in total. The number of carbonyl (C=O) groups is 1. The van der Waals surface area contributed by atoms with Crippen molar-refractivity contribution in [2.24, 2.45) is 0 Å². The number of pyridine rings is 1. The zero-order valence-electron chi connectivity index (χ0n) is 15.0. The van der Waals surface area contributed by atoms with Crippen molar-refractivity contribution in [2.75, 3.05) is 13.2 Å². The Labute approximate surface area is 200 Å². The second-order valence-electron chi connectivity index (χ2n) is 6.12. The molecule has 0 amide bonds. The second-order valence-corrected chi connectivity index (χ2v) is 17.2. The Kier molecular flexibility index (Phi) is 9.48. The lowest BCUT2D eigenvalue weighted by molar-refractivity contribution is 0.0166. The number of esters is 1. The van der Waals surface area contributed by atoms with Gasteiger partial charge in [0.15, 0.2) is -0.565 Å². The van der Waals surface area contributed by atoms with Crippen LogP contribution in [0.3, 0.4) is 0 Å². The molecule has 1 heterocycles. The van der Waals surface area contributed by atoms with Gasteiger partial charge in [-0.05, 0) is 92.0 Å². The van der Waals surface area contributed by atoms with E-state index in [1.165, 1.54) is 0 Å². The molecule has 8 heteroatoms. The van der Waals surface area contributed by atoms with Crippen LogP contribution in [0.15, 0.2) is 48.7 Å². The molecule has 27 heavy (non-hydrogen) atoms. The largest absolute Gasteiger partial charge is 0.473 e. The standard InChI is InChI=1S/C19H21I3N2O3/c1-13(2)24-11-15(27-18(25)14-7-4-3-5-8-14)12-26-17-16(19(20,21)22)9-6-10-23-17/h3-10,13,15,24H,11-12H2,1-2H3. The molecule has 0 aliphatic rings. The number of nitrogens with one attached hydrogen (secondary N) is 1. The molecule has 0 aliphatic heterocycles. The molecule has 0 bridgehead atoms. The van der Waals surface area contributed by atoms with Crippen molar-refractivity contribution in [3.63, 3.8) is 0 Å². The zero-order chi connectivity index (χ0) is 19.9. The van der Waals surface area contributed by atoms with Gasteiger partial charge < -0.3 is 14.8 Å². The lowest BCUT2D eigenvalue weighted by atomic mass is 10.2. The van der Waals surface area contributed by atoms with Gasteiger partial charge in [0.05, 0.1) is 5.56 Å². The predicted octanol–water partition coefficient (Wildman–Crippen LogP) is 5.10. The maximum Gasteiger partial charge on any atom is 0.338 e. The van der Waals surface area contributed by atoms with Crippen molar-refractivity contribution in [3.05, 3.63) is 59.8 Å². The number of aromatic nitrogens is 1. The molecule has 0 saturated heterocycles. The highest BCUT2D eigenvalue weighted by atomic mass is 127. The summed E-state index contributed by atoms with van der Waals surface area (Å²) < 4.78 is 11.4. The molecular weight excluding hydrogens is 685 g/mol. The molecule has 2 aromatic rings. The topological polar surface area (TPSA) is 60.4 Å². The van der Waals surface area contributed by atoms with Crippen LogP contribution in [0.5, 0.6) is 5.88 Å². The summed E-state index contributed by atoms with van der Waals surface area (Å²) >= 11 is 7.00. The summed E-state index contributed by atoms with van der Waals surface area (Å²) in [6.45, 7) is 4.82. The number of hydrogen-bond donors (Lipinski definition) is 1. The third-order valence-corrected chi connectivity index (χ3v) is 5.26. The maximum atomic E-state index is 12.4. The Morgan fingerprint density at radius 3 is 2.48 bits per heavy atom. The summed E-state index contributed by atoms with van der Waals surface area (Å²) in [5.41, 5.74) is 1.51. The van der Waals surface area contributed by atoms with Crippen LogP contribution in [-0.4, -0.2) is 36.3 Å². The van der Waals surface area contributed by atoms with Crippen molar-refractivity contribution < 1.29 is 14.3 Å². The van der Waals surface area contributed by atoms with Crippen LogP contribution in [0.2, 0.25) is 0 Å². The zero-order valence-corrected chi connectivity index (χ0v) is 21.5. The third kappa shape index (κ3) is 7.97. The minimum Gasteiger partial charge on any atom is -0.473 e. The Hall–Kier alpha value is -0.210. The molecule has 146 valence electrons. The molecule has 1 aromatic heterocycles.